The number of benzene rings is 2. The fourth-order valence-corrected chi connectivity index (χ4v) is 2.45. The lowest BCUT2D eigenvalue weighted by molar-refractivity contribution is 0.414. The average Bonchev–Trinajstić information content (AvgIpc) is 2.58. The van der Waals surface area contributed by atoms with Crippen molar-refractivity contribution in [2.75, 3.05) is 7.11 Å². The second-order valence-corrected chi connectivity index (χ2v) is 5.46. The highest BCUT2D eigenvalue weighted by Gasteiger charge is 2.15. The van der Waals surface area contributed by atoms with Gasteiger partial charge in [0.2, 0.25) is 0 Å². The van der Waals surface area contributed by atoms with E-state index in [4.69, 9.17) is 9.47 Å². The molecule has 25 heavy (non-hydrogen) atoms. The highest BCUT2D eigenvalue weighted by atomic mass is 19.1. The molecule has 0 spiro atoms. The fraction of sp³-hybridized carbons (Fsp3) is 0.105. The van der Waals surface area contributed by atoms with Crippen molar-refractivity contribution in [3.63, 3.8) is 0 Å². The molecule has 0 saturated carbocycles. The molecule has 0 amide bonds. The van der Waals surface area contributed by atoms with Crippen LogP contribution in [0.15, 0.2) is 53.5 Å². The Bertz CT molecular complexity index is 983. The summed E-state index contributed by atoms with van der Waals surface area (Å²) < 4.78 is 37.9. The second kappa shape index (κ2) is 6.76. The monoisotopic (exact) mass is 343 g/mol. The Morgan fingerprint density at radius 3 is 2.40 bits per heavy atom. The molecule has 0 fully saturated rings. The zero-order chi connectivity index (χ0) is 18.0. The Balaban J connectivity index is 2.12. The summed E-state index contributed by atoms with van der Waals surface area (Å²) in [6.45, 7) is 1.89. The van der Waals surface area contributed by atoms with E-state index in [1.165, 1.54) is 25.4 Å². The lowest BCUT2D eigenvalue weighted by atomic mass is 10.0. The van der Waals surface area contributed by atoms with Gasteiger partial charge in [-0.1, -0.05) is 11.6 Å². The number of ether oxygens (including phenoxy) is 2. The van der Waals surface area contributed by atoms with E-state index in [9.17, 15) is 13.6 Å². The van der Waals surface area contributed by atoms with Gasteiger partial charge in [-0.3, -0.25) is 4.79 Å². The van der Waals surface area contributed by atoms with Crippen LogP contribution in [-0.4, -0.2) is 12.1 Å². The van der Waals surface area contributed by atoms with Gasteiger partial charge in [0, 0.05) is 29.5 Å². The van der Waals surface area contributed by atoms with E-state index >= 15 is 0 Å². The van der Waals surface area contributed by atoms with E-state index in [1.807, 2.05) is 13.0 Å². The number of halogens is 2. The molecule has 0 aliphatic carbocycles. The lowest BCUT2D eigenvalue weighted by Crippen LogP contribution is -2.05. The van der Waals surface area contributed by atoms with E-state index < -0.39 is 11.6 Å². The summed E-state index contributed by atoms with van der Waals surface area (Å²) in [7, 11) is 1.45. The van der Waals surface area contributed by atoms with Crippen LogP contribution < -0.4 is 15.0 Å². The number of H-pyrrole nitrogens is 1. The maximum absolute atomic E-state index is 13.9. The first kappa shape index (κ1) is 16.7. The van der Waals surface area contributed by atoms with Gasteiger partial charge >= 0.3 is 0 Å². The predicted octanol–water partition coefficient (Wildman–Crippen LogP) is 4.43. The van der Waals surface area contributed by atoms with Crippen LogP contribution in [0.25, 0.3) is 11.1 Å². The minimum absolute atomic E-state index is 0.102. The van der Waals surface area contributed by atoms with Crippen molar-refractivity contribution in [2.24, 2.45) is 0 Å². The molecule has 128 valence electrons. The SMILES string of the molecule is COc1cc(=O)[nH]cc1-c1cc(C)ccc1Oc1ccc(F)cc1F. The number of aryl methyl sites for hydroxylation is 1. The summed E-state index contributed by atoms with van der Waals surface area (Å²) in [5, 5.41) is 0. The Hall–Kier alpha value is -3.15. The molecule has 0 atom stereocenters. The van der Waals surface area contributed by atoms with E-state index in [2.05, 4.69) is 4.98 Å². The quantitative estimate of drug-likeness (QED) is 0.762. The molecular formula is C19H15F2NO3. The summed E-state index contributed by atoms with van der Waals surface area (Å²) in [5.41, 5.74) is 1.83. The van der Waals surface area contributed by atoms with Crippen molar-refractivity contribution in [1.29, 1.82) is 0 Å². The number of hydrogen-bond donors (Lipinski definition) is 1. The number of hydrogen-bond acceptors (Lipinski definition) is 3. The summed E-state index contributed by atoms with van der Waals surface area (Å²) in [5.74, 6) is -0.883. The van der Waals surface area contributed by atoms with Gasteiger partial charge in [-0.2, -0.15) is 0 Å². The normalized spacial score (nSPS) is 10.6. The summed E-state index contributed by atoms with van der Waals surface area (Å²) in [6.07, 6.45) is 1.50. The topological polar surface area (TPSA) is 51.3 Å². The lowest BCUT2D eigenvalue weighted by Gasteiger charge is -2.15. The molecule has 1 aromatic heterocycles. The third-order valence-electron chi connectivity index (χ3n) is 3.65. The first-order valence-corrected chi connectivity index (χ1v) is 7.48. The summed E-state index contributed by atoms with van der Waals surface area (Å²) in [6, 6.07) is 9.72. The Morgan fingerprint density at radius 1 is 0.920 bits per heavy atom. The molecule has 0 aliphatic heterocycles. The molecule has 1 heterocycles. The third-order valence-corrected chi connectivity index (χ3v) is 3.65. The van der Waals surface area contributed by atoms with Crippen molar-refractivity contribution in [3.8, 4) is 28.4 Å². The maximum Gasteiger partial charge on any atom is 0.251 e. The Morgan fingerprint density at radius 2 is 1.68 bits per heavy atom. The van der Waals surface area contributed by atoms with Crippen LogP contribution >= 0.6 is 0 Å². The molecule has 2 aromatic carbocycles. The van der Waals surface area contributed by atoms with Gasteiger partial charge in [-0.25, -0.2) is 8.78 Å². The van der Waals surface area contributed by atoms with Crippen molar-refractivity contribution >= 4 is 0 Å². The van der Waals surface area contributed by atoms with Crippen molar-refractivity contribution in [1.82, 2.24) is 4.98 Å². The van der Waals surface area contributed by atoms with Gasteiger partial charge < -0.3 is 14.5 Å². The van der Waals surface area contributed by atoms with Crippen LogP contribution in [0.4, 0.5) is 8.78 Å². The van der Waals surface area contributed by atoms with Gasteiger partial charge in [0.05, 0.1) is 7.11 Å². The number of methoxy groups -OCH3 is 1. The van der Waals surface area contributed by atoms with Crippen molar-refractivity contribution in [3.05, 3.63) is 76.2 Å². The number of rotatable bonds is 4. The molecular weight excluding hydrogens is 328 g/mol. The van der Waals surface area contributed by atoms with Crippen LogP contribution in [0.2, 0.25) is 0 Å². The van der Waals surface area contributed by atoms with Crippen LogP contribution in [0.3, 0.4) is 0 Å². The second-order valence-electron chi connectivity index (χ2n) is 5.46. The maximum atomic E-state index is 13.9. The molecule has 0 bridgehead atoms. The number of aromatic amines is 1. The molecule has 0 unspecified atom stereocenters. The zero-order valence-corrected chi connectivity index (χ0v) is 13.6. The number of pyridine rings is 1. The first-order valence-electron chi connectivity index (χ1n) is 7.48. The number of aromatic nitrogens is 1. The molecule has 0 radical (unpaired) electrons. The van der Waals surface area contributed by atoms with E-state index in [-0.39, 0.29) is 11.3 Å². The molecule has 4 nitrogen and oxygen atoms in total. The van der Waals surface area contributed by atoms with Crippen LogP contribution in [0, 0.1) is 18.6 Å². The predicted molar refractivity (Wildman–Crippen MR) is 90.2 cm³/mol. The third kappa shape index (κ3) is 3.52. The average molecular weight is 343 g/mol. The van der Waals surface area contributed by atoms with Gasteiger partial charge in [-0.05, 0) is 31.2 Å². The zero-order valence-electron chi connectivity index (χ0n) is 13.6. The largest absolute Gasteiger partial charge is 0.496 e. The summed E-state index contributed by atoms with van der Waals surface area (Å²) in [4.78, 5) is 14.1. The van der Waals surface area contributed by atoms with Gasteiger partial charge in [-0.15, -0.1) is 0 Å². The molecule has 3 rings (SSSR count). The van der Waals surface area contributed by atoms with Crippen molar-refractivity contribution < 1.29 is 18.3 Å². The molecule has 0 saturated heterocycles. The molecule has 1 N–H and O–H groups in total. The standard InChI is InChI=1S/C19H15F2NO3/c1-11-3-5-16(25-17-6-4-12(20)8-15(17)21)13(7-11)14-10-22-19(23)9-18(14)24-2/h3-10H,1-2H3,(H,22,23). The van der Waals surface area contributed by atoms with Crippen LogP contribution in [0.1, 0.15) is 5.56 Å². The van der Waals surface area contributed by atoms with Crippen molar-refractivity contribution in [2.45, 2.75) is 6.92 Å². The molecule has 3 aromatic rings. The highest BCUT2D eigenvalue weighted by molar-refractivity contribution is 5.76. The van der Waals surface area contributed by atoms with Crippen LogP contribution in [0.5, 0.6) is 17.2 Å². The van der Waals surface area contributed by atoms with Crippen LogP contribution in [-0.2, 0) is 0 Å². The van der Waals surface area contributed by atoms with Gasteiger partial charge in [0.15, 0.2) is 11.6 Å². The van der Waals surface area contributed by atoms with Gasteiger partial charge in [0.1, 0.15) is 17.3 Å². The minimum Gasteiger partial charge on any atom is -0.496 e. The highest BCUT2D eigenvalue weighted by Crippen LogP contribution is 2.38. The first-order chi connectivity index (χ1) is 12.0. The number of nitrogens with one attached hydrogen (secondary N) is 1. The Kier molecular flexibility index (Phi) is 4.52. The smallest absolute Gasteiger partial charge is 0.251 e. The van der Waals surface area contributed by atoms with E-state index in [0.29, 0.717) is 22.6 Å². The molecule has 6 heteroatoms. The minimum atomic E-state index is -0.806. The Labute approximate surface area is 142 Å². The molecule has 0 aliphatic rings. The van der Waals surface area contributed by atoms with Gasteiger partial charge in [0.25, 0.3) is 5.56 Å². The van der Waals surface area contributed by atoms with E-state index in [1.54, 1.807) is 12.1 Å². The van der Waals surface area contributed by atoms with E-state index in [0.717, 1.165) is 17.7 Å². The fourth-order valence-electron chi connectivity index (χ4n) is 2.45. The summed E-state index contributed by atoms with van der Waals surface area (Å²) >= 11 is 0.